The Morgan fingerprint density at radius 1 is 1.00 bits per heavy atom. The van der Waals surface area contributed by atoms with Crippen LogP contribution in [0.25, 0.3) is 0 Å². The van der Waals surface area contributed by atoms with E-state index in [9.17, 15) is 8.42 Å². The molecule has 1 saturated heterocycles. The van der Waals surface area contributed by atoms with E-state index >= 15 is 0 Å². The summed E-state index contributed by atoms with van der Waals surface area (Å²) in [4.78, 5) is 2.07. The van der Waals surface area contributed by atoms with Crippen molar-refractivity contribution in [3.8, 4) is 0 Å². The third kappa shape index (κ3) is 11.3. The van der Waals surface area contributed by atoms with Gasteiger partial charge < -0.3 is 21.3 Å². The molecule has 0 aromatic heterocycles. The van der Waals surface area contributed by atoms with E-state index in [2.05, 4.69) is 33.1 Å². The van der Waals surface area contributed by atoms with Gasteiger partial charge in [-0.15, -0.1) is 0 Å². The molecule has 0 spiro atoms. The number of nitrogens with zero attached hydrogens (tertiary/aromatic N) is 1. The fourth-order valence-corrected chi connectivity index (χ4v) is 2.85. The number of hydrogen-bond acceptors (Lipinski definition) is 7. The van der Waals surface area contributed by atoms with Crippen molar-refractivity contribution in [1.82, 2.24) is 26.2 Å². The number of nitrogens with one attached hydrogen (secondary N) is 4. The van der Waals surface area contributed by atoms with Gasteiger partial charge in [0.05, 0.1) is 5.75 Å². The molecular weight excluding hydrogens is 306 g/mol. The molecule has 1 heterocycles. The third-order valence-electron chi connectivity index (χ3n) is 3.55. The molecule has 0 saturated carbocycles. The lowest BCUT2D eigenvalue weighted by atomic mass is 10.3. The van der Waals surface area contributed by atoms with Crippen LogP contribution in [-0.2, 0) is 10.1 Å². The van der Waals surface area contributed by atoms with Crippen LogP contribution in [0.3, 0.4) is 0 Å². The van der Waals surface area contributed by atoms with E-state index in [0.29, 0.717) is 6.54 Å². The van der Waals surface area contributed by atoms with Gasteiger partial charge in [-0.2, -0.15) is 8.42 Å². The van der Waals surface area contributed by atoms with Crippen LogP contribution >= 0.6 is 0 Å². The van der Waals surface area contributed by atoms with Gasteiger partial charge >= 0.3 is 0 Å². The summed E-state index contributed by atoms with van der Waals surface area (Å²) in [6, 6.07) is 0.270. The Balaban J connectivity index is 2.44. The standard InChI is InChI=1S/C13H31N5O3S/c1-13-12-18(10-11-22(19,20)21)9-8-16-5-4-14-2-3-15-6-7-17-13/h13-17H,2-12H2,1H3,(H,19,20,21)/t13-/m0/s1. The van der Waals surface area contributed by atoms with Crippen molar-refractivity contribution in [2.45, 2.75) is 13.0 Å². The maximum Gasteiger partial charge on any atom is 0.266 e. The molecule has 0 aromatic carbocycles. The van der Waals surface area contributed by atoms with E-state index in [4.69, 9.17) is 4.55 Å². The molecular formula is C13H31N5O3S. The van der Waals surface area contributed by atoms with Crippen molar-refractivity contribution in [2.75, 3.05) is 71.2 Å². The molecule has 1 aliphatic rings. The highest BCUT2D eigenvalue weighted by atomic mass is 32.2. The summed E-state index contributed by atoms with van der Waals surface area (Å²) in [5, 5.41) is 13.5. The van der Waals surface area contributed by atoms with Gasteiger partial charge in [0.2, 0.25) is 0 Å². The normalized spacial score (nSPS) is 25.3. The summed E-state index contributed by atoms with van der Waals surface area (Å²) in [5.74, 6) is -0.219. The molecule has 132 valence electrons. The smallest absolute Gasteiger partial charge is 0.266 e. The van der Waals surface area contributed by atoms with E-state index in [1.54, 1.807) is 0 Å². The molecule has 22 heavy (non-hydrogen) atoms. The highest BCUT2D eigenvalue weighted by molar-refractivity contribution is 7.85. The Morgan fingerprint density at radius 3 is 2.14 bits per heavy atom. The van der Waals surface area contributed by atoms with Crippen molar-refractivity contribution < 1.29 is 13.0 Å². The molecule has 9 heteroatoms. The Bertz CT molecular complexity index is 380. The molecule has 0 bridgehead atoms. The first-order valence-corrected chi connectivity index (χ1v) is 9.61. The van der Waals surface area contributed by atoms with Crippen LogP contribution in [0.4, 0.5) is 0 Å². The van der Waals surface area contributed by atoms with E-state index in [1.165, 1.54) is 0 Å². The summed E-state index contributed by atoms with van der Waals surface area (Å²) >= 11 is 0. The average molecular weight is 337 g/mol. The lowest BCUT2D eigenvalue weighted by Gasteiger charge is -2.26. The molecule has 0 aliphatic carbocycles. The number of hydrogen-bond donors (Lipinski definition) is 5. The second-order valence-electron chi connectivity index (χ2n) is 5.69. The fraction of sp³-hybridized carbons (Fsp3) is 1.00. The highest BCUT2D eigenvalue weighted by Crippen LogP contribution is 1.95. The van der Waals surface area contributed by atoms with Crippen LogP contribution in [-0.4, -0.2) is 95.1 Å². The van der Waals surface area contributed by atoms with E-state index in [0.717, 1.165) is 58.9 Å². The second-order valence-corrected chi connectivity index (χ2v) is 7.26. The van der Waals surface area contributed by atoms with Crippen LogP contribution in [0.2, 0.25) is 0 Å². The van der Waals surface area contributed by atoms with Crippen molar-refractivity contribution >= 4 is 10.1 Å². The summed E-state index contributed by atoms with van der Waals surface area (Å²) < 4.78 is 30.8. The van der Waals surface area contributed by atoms with Crippen molar-refractivity contribution in [2.24, 2.45) is 0 Å². The zero-order chi connectivity index (χ0) is 16.3. The van der Waals surface area contributed by atoms with Gasteiger partial charge in [0, 0.05) is 71.5 Å². The molecule has 1 fully saturated rings. The summed E-state index contributed by atoms with van der Waals surface area (Å²) in [6.07, 6.45) is 0. The highest BCUT2D eigenvalue weighted by Gasteiger charge is 2.13. The Kier molecular flexibility index (Phi) is 10.1. The third-order valence-corrected chi connectivity index (χ3v) is 4.25. The maximum atomic E-state index is 10.9. The zero-order valence-corrected chi connectivity index (χ0v) is 14.3. The van der Waals surface area contributed by atoms with Gasteiger partial charge in [0.25, 0.3) is 10.1 Å². The van der Waals surface area contributed by atoms with Crippen molar-refractivity contribution in [3.05, 3.63) is 0 Å². The molecule has 1 atom stereocenters. The minimum absolute atomic E-state index is 0.219. The Labute approximate surface area is 134 Å². The molecule has 0 amide bonds. The molecule has 0 aromatic rings. The Morgan fingerprint density at radius 2 is 1.55 bits per heavy atom. The fourth-order valence-electron chi connectivity index (χ4n) is 2.36. The second kappa shape index (κ2) is 11.3. The topological polar surface area (TPSA) is 106 Å². The van der Waals surface area contributed by atoms with Gasteiger partial charge in [-0.05, 0) is 6.92 Å². The predicted molar refractivity (Wildman–Crippen MR) is 88.9 cm³/mol. The van der Waals surface area contributed by atoms with Gasteiger partial charge in [-0.1, -0.05) is 0 Å². The molecule has 8 nitrogen and oxygen atoms in total. The summed E-state index contributed by atoms with van der Waals surface area (Å²) in [7, 11) is -3.91. The van der Waals surface area contributed by atoms with Gasteiger partial charge in [-0.25, -0.2) is 0 Å². The van der Waals surface area contributed by atoms with Crippen LogP contribution < -0.4 is 21.3 Å². The minimum atomic E-state index is -3.91. The summed E-state index contributed by atoms with van der Waals surface area (Å²) in [5.41, 5.74) is 0. The molecule has 0 unspecified atom stereocenters. The average Bonchev–Trinajstić information content (AvgIpc) is 2.44. The molecule has 1 rings (SSSR count). The lowest BCUT2D eigenvalue weighted by Crippen LogP contribution is -2.45. The van der Waals surface area contributed by atoms with Crippen LogP contribution in [0.1, 0.15) is 6.92 Å². The molecule has 1 aliphatic heterocycles. The quantitative estimate of drug-likeness (QED) is 0.374. The zero-order valence-electron chi connectivity index (χ0n) is 13.5. The van der Waals surface area contributed by atoms with Gasteiger partial charge in [0.15, 0.2) is 0 Å². The number of rotatable bonds is 3. The largest absolute Gasteiger partial charge is 0.314 e. The van der Waals surface area contributed by atoms with E-state index in [1.807, 2.05) is 0 Å². The molecule has 5 N–H and O–H groups in total. The summed E-state index contributed by atoms with van der Waals surface area (Å²) in [6.45, 7) is 10.3. The monoisotopic (exact) mass is 337 g/mol. The van der Waals surface area contributed by atoms with Crippen molar-refractivity contribution in [3.63, 3.8) is 0 Å². The first-order chi connectivity index (χ1) is 10.5. The van der Waals surface area contributed by atoms with Gasteiger partial charge in [0.1, 0.15) is 0 Å². The van der Waals surface area contributed by atoms with Gasteiger partial charge in [-0.3, -0.25) is 9.45 Å². The predicted octanol–water partition coefficient (Wildman–Crippen LogP) is -2.06. The van der Waals surface area contributed by atoms with E-state index < -0.39 is 10.1 Å². The Hall–Kier alpha value is -0.290. The minimum Gasteiger partial charge on any atom is -0.314 e. The van der Waals surface area contributed by atoms with Crippen molar-refractivity contribution in [1.29, 1.82) is 0 Å². The lowest BCUT2D eigenvalue weighted by molar-refractivity contribution is 0.258. The maximum absolute atomic E-state index is 10.9. The SMILES string of the molecule is C[C@H]1CN(CCS(=O)(=O)O)CCNCCNCCNCCN1. The van der Waals surface area contributed by atoms with Crippen LogP contribution in [0.15, 0.2) is 0 Å². The van der Waals surface area contributed by atoms with Crippen LogP contribution in [0.5, 0.6) is 0 Å². The molecule has 0 radical (unpaired) electrons. The first kappa shape index (κ1) is 19.8. The van der Waals surface area contributed by atoms with Crippen LogP contribution in [0, 0.1) is 0 Å². The first-order valence-electron chi connectivity index (χ1n) is 8.00. The van der Waals surface area contributed by atoms with E-state index in [-0.39, 0.29) is 11.8 Å².